The first-order valence-electron chi connectivity index (χ1n) is 7.21. The lowest BCUT2D eigenvalue weighted by atomic mass is 10.1. The number of nitrogens with zero attached hydrogens (tertiary/aromatic N) is 3. The summed E-state index contributed by atoms with van der Waals surface area (Å²) in [6.07, 6.45) is -0.600. The average molecular weight is 352 g/mol. The number of nitrogens with one attached hydrogen (secondary N) is 1. The molecule has 0 bridgehead atoms. The summed E-state index contributed by atoms with van der Waals surface area (Å²) in [5, 5.41) is 9.74. The molecule has 1 aliphatic rings. The molecule has 0 aliphatic carbocycles. The summed E-state index contributed by atoms with van der Waals surface area (Å²) in [5.41, 5.74) is 1.01. The third kappa shape index (κ3) is 3.28. The molecule has 0 fully saturated rings. The van der Waals surface area contributed by atoms with Crippen LogP contribution in [0.1, 0.15) is 11.3 Å². The summed E-state index contributed by atoms with van der Waals surface area (Å²) in [6.45, 7) is 0.686. The molecule has 0 saturated carbocycles. The molecule has 1 N–H and O–H groups in total. The lowest BCUT2D eigenvalue weighted by Gasteiger charge is -2.16. The first kappa shape index (κ1) is 16.5. The summed E-state index contributed by atoms with van der Waals surface area (Å²) in [5.74, 6) is 0. The fraction of sp³-hybridized carbons (Fsp3) is 0.250. The van der Waals surface area contributed by atoms with Gasteiger partial charge >= 0.3 is 6.18 Å². The molecule has 0 atom stereocenters. The highest BCUT2D eigenvalue weighted by atomic mass is 32.1. The van der Waals surface area contributed by atoms with Gasteiger partial charge in [-0.1, -0.05) is 29.5 Å². The highest BCUT2D eigenvalue weighted by Crippen LogP contribution is 2.37. The van der Waals surface area contributed by atoms with Crippen molar-refractivity contribution in [3.8, 4) is 10.4 Å². The van der Waals surface area contributed by atoms with E-state index in [4.69, 9.17) is 0 Å². The molecule has 1 aromatic heterocycles. The number of hydrazone groups is 1. The number of thiazole rings is 1. The van der Waals surface area contributed by atoms with E-state index >= 15 is 0 Å². The quantitative estimate of drug-likeness (QED) is 0.905. The van der Waals surface area contributed by atoms with Crippen molar-refractivity contribution in [2.24, 2.45) is 5.10 Å². The van der Waals surface area contributed by atoms with E-state index in [1.807, 2.05) is 19.2 Å². The molecule has 0 unspecified atom stereocenters. The van der Waals surface area contributed by atoms with Crippen molar-refractivity contribution in [2.75, 3.05) is 26.0 Å². The highest BCUT2D eigenvalue weighted by molar-refractivity contribution is 7.19. The number of halogens is 3. The smallest absolute Gasteiger partial charge is 0.365 e. The Kier molecular flexibility index (Phi) is 4.31. The molecule has 4 nitrogen and oxygen atoms in total. The number of aromatic nitrogens is 1. The molecule has 126 valence electrons. The van der Waals surface area contributed by atoms with E-state index in [2.05, 4.69) is 15.4 Å². The van der Waals surface area contributed by atoms with Gasteiger partial charge < -0.3 is 5.32 Å². The van der Waals surface area contributed by atoms with Crippen LogP contribution in [0.5, 0.6) is 0 Å². The number of anilines is 1. The van der Waals surface area contributed by atoms with Crippen molar-refractivity contribution in [3.63, 3.8) is 0 Å². The third-order valence-corrected chi connectivity index (χ3v) is 4.58. The van der Waals surface area contributed by atoms with Gasteiger partial charge in [-0.15, -0.1) is 0 Å². The second-order valence-corrected chi connectivity index (χ2v) is 6.25. The minimum atomic E-state index is -4.38. The van der Waals surface area contributed by atoms with Gasteiger partial charge in [0.1, 0.15) is 11.4 Å². The predicted molar refractivity (Wildman–Crippen MR) is 90.4 cm³/mol. The number of benzene rings is 1. The third-order valence-electron chi connectivity index (χ3n) is 3.46. The first-order valence-corrected chi connectivity index (χ1v) is 8.03. The van der Waals surface area contributed by atoms with E-state index in [0.717, 1.165) is 12.1 Å². The standard InChI is InChI=1S/C16H15F3N4S/c1-20-15-21-13(12-7-4-8-23(2)22-12)14(24-15)10-5-3-6-11(9-10)16(17,18)19/h3-7,9H,8H2,1-2H3,(H,20,21). The Hall–Kier alpha value is -2.35. The van der Waals surface area contributed by atoms with Crippen LogP contribution >= 0.6 is 11.3 Å². The fourth-order valence-corrected chi connectivity index (χ4v) is 3.26. The predicted octanol–water partition coefficient (Wildman–Crippen LogP) is 4.08. The van der Waals surface area contributed by atoms with Crippen molar-refractivity contribution >= 4 is 22.2 Å². The van der Waals surface area contributed by atoms with E-state index in [-0.39, 0.29) is 0 Å². The van der Waals surface area contributed by atoms with E-state index < -0.39 is 11.7 Å². The van der Waals surface area contributed by atoms with Gasteiger partial charge in [0.25, 0.3) is 0 Å². The molecule has 0 amide bonds. The molecular weight excluding hydrogens is 337 g/mol. The maximum absolute atomic E-state index is 13.0. The summed E-state index contributed by atoms with van der Waals surface area (Å²) in [7, 11) is 3.56. The number of hydrogen-bond acceptors (Lipinski definition) is 5. The molecule has 2 heterocycles. The minimum Gasteiger partial charge on any atom is -0.365 e. The number of allylic oxidation sites excluding steroid dienone is 1. The fourth-order valence-electron chi connectivity index (χ4n) is 2.33. The Labute approximate surface area is 141 Å². The first-order chi connectivity index (χ1) is 11.4. The van der Waals surface area contributed by atoms with Crippen LogP contribution in [0.2, 0.25) is 0 Å². The molecule has 0 radical (unpaired) electrons. The van der Waals surface area contributed by atoms with Crippen LogP contribution in [0.3, 0.4) is 0 Å². The van der Waals surface area contributed by atoms with Crippen molar-refractivity contribution in [1.82, 2.24) is 9.99 Å². The van der Waals surface area contributed by atoms with E-state index in [9.17, 15) is 13.2 Å². The Balaban J connectivity index is 2.12. The van der Waals surface area contributed by atoms with Crippen LogP contribution in [0.4, 0.5) is 18.3 Å². The number of likely N-dealkylation sites (N-methyl/N-ethyl adjacent to an activating group) is 1. The number of alkyl halides is 3. The molecular formula is C16H15F3N4S. The molecule has 1 aromatic carbocycles. The minimum absolute atomic E-state index is 0.475. The van der Waals surface area contributed by atoms with Gasteiger partial charge in [-0.3, -0.25) is 5.01 Å². The normalized spacial score (nSPS) is 14.7. The van der Waals surface area contributed by atoms with Gasteiger partial charge in [-0.25, -0.2) is 4.98 Å². The van der Waals surface area contributed by atoms with Crippen molar-refractivity contribution in [1.29, 1.82) is 0 Å². The van der Waals surface area contributed by atoms with E-state index in [1.54, 1.807) is 18.1 Å². The number of hydrogen-bond donors (Lipinski definition) is 1. The van der Waals surface area contributed by atoms with Gasteiger partial charge in [0, 0.05) is 14.1 Å². The van der Waals surface area contributed by atoms with Gasteiger partial charge in [0.2, 0.25) is 0 Å². The summed E-state index contributed by atoms with van der Waals surface area (Å²) < 4.78 is 39.0. The Morgan fingerprint density at radius 3 is 2.75 bits per heavy atom. The lowest BCUT2D eigenvalue weighted by Crippen LogP contribution is -2.19. The molecule has 3 rings (SSSR count). The Morgan fingerprint density at radius 1 is 1.29 bits per heavy atom. The van der Waals surface area contributed by atoms with Crippen molar-refractivity contribution < 1.29 is 13.2 Å². The van der Waals surface area contributed by atoms with Crippen LogP contribution in [-0.4, -0.2) is 36.3 Å². The summed E-state index contributed by atoms with van der Waals surface area (Å²) in [4.78, 5) is 5.13. The van der Waals surface area contributed by atoms with Crippen molar-refractivity contribution in [3.05, 3.63) is 47.7 Å². The van der Waals surface area contributed by atoms with Crippen LogP contribution in [0, 0.1) is 0 Å². The monoisotopic (exact) mass is 352 g/mol. The van der Waals surface area contributed by atoms with Crippen LogP contribution in [0.25, 0.3) is 10.4 Å². The molecule has 0 spiro atoms. The zero-order valence-corrected chi connectivity index (χ0v) is 13.9. The molecule has 8 heteroatoms. The van der Waals surface area contributed by atoms with Crippen LogP contribution in [0.15, 0.2) is 41.5 Å². The maximum atomic E-state index is 13.0. The molecule has 1 aliphatic heterocycles. The second kappa shape index (κ2) is 6.27. The second-order valence-electron chi connectivity index (χ2n) is 5.25. The Bertz CT molecular complexity index is 808. The van der Waals surface area contributed by atoms with E-state index in [1.165, 1.54) is 17.4 Å². The highest BCUT2D eigenvalue weighted by Gasteiger charge is 2.31. The van der Waals surface area contributed by atoms with Crippen LogP contribution < -0.4 is 5.32 Å². The zero-order valence-electron chi connectivity index (χ0n) is 13.1. The topological polar surface area (TPSA) is 40.5 Å². The maximum Gasteiger partial charge on any atom is 0.416 e. The Morgan fingerprint density at radius 2 is 2.08 bits per heavy atom. The summed E-state index contributed by atoms with van der Waals surface area (Å²) in [6, 6.07) is 5.27. The number of rotatable bonds is 3. The van der Waals surface area contributed by atoms with Crippen LogP contribution in [-0.2, 0) is 6.18 Å². The molecule has 0 saturated heterocycles. The molecule has 2 aromatic rings. The van der Waals surface area contributed by atoms with Gasteiger partial charge in [-0.2, -0.15) is 18.3 Å². The SMILES string of the molecule is CNc1nc(C2=NN(C)CC=C2)c(-c2cccc(C(F)(F)F)c2)s1. The summed E-state index contributed by atoms with van der Waals surface area (Å²) >= 11 is 1.30. The van der Waals surface area contributed by atoms with Gasteiger partial charge in [-0.05, 0) is 23.8 Å². The van der Waals surface area contributed by atoms with E-state index in [0.29, 0.717) is 33.5 Å². The lowest BCUT2D eigenvalue weighted by molar-refractivity contribution is -0.137. The van der Waals surface area contributed by atoms with Gasteiger partial charge in [0.15, 0.2) is 5.13 Å². The largest absolute Gasteiger partial charge is 0.416 e. The zero-order chi connectivity index (χ0) is 17.3. The molecule has 24 heavy (non-hydrogen) atoms. The van der Waals surface area contributed by atoms with Gasteiger partial charge in [0.05, 0.1) is 17.0 Å². The van der Waals surface area contributed by atoms with Crippen molar-refractivity contribution in [2.45, 2.75) is 6.18 Å². The average Bonchev–Trinajstić information content (AvgIpc) is 2.99.